The van der Waals surface area contributed by atoms with Gasteiger partial charge in [0.05, 0.1) is 12.2 Å². The fraction of sp³-hybridized carbons (Fsp3) is 0.733. The average Bonchev–Trinajstić information content (AvgIpc) is 3.26. The summed E-state index contributed by atoms with van der Waals surface area (Å²) in [6.45, 7) is 5.00. The molecule has 1 rings (SSSR count). The Kier molecular flexibility index (Phi) is 7.57. The van der Waals surface area contributed by atoms with E-state index in [2.05, 4.69) is 10.1 Å². The van der Waals surface area contributed by atoms with E-state index in [9.17, 15) is 14.4 Å². The molecule has 0 unspecified atom stereocenters. The molecule has 0 aliphatic heterocycles. The van der Waals surface area contributed by atoms with Crippen LogP contribution in [0, 0.1) is 0 Å². The van der Waals surface area contributed by atoms with Crippen LogP contribution >= 0.6 is 0 Å². The molecule has 23 heavy (non-hydrogen) atoms. The Morgan fingerprint density at radius 3 is 2.48 bits per heavy atom. The van der Waals surface area contributed by atoms with E-state index < -0.39 is 29.8 Å². The van der Waals surface area contributed by atoms with Crippen molar-refractivity contribution in [3.8, 4) is 0 Å². The summed E-state index contributed by atoms with van der Waals surface area (Å²) in [6, 6.07) is -0.953. The fourth-order valence-electron chi connectivity index (χ4n) is 1.82. The number of ether oxygens (including phenoxy) is 2. The molecule has 8 heteroatoms. The normalized spacial score (nSPS) is 16.2. The molecule has 0 radical (unpaired) electrons. The summed E-state index contributed by atoms with van der Waals surface area (Å²) in [6.07, 6.45) is 1.73. The van der Waals surface area contributed by atoms with Crippen LogP contribution in [0.3, 0.4) is 0 Å². The highest BCUT2D eigenvalue weighted by Gasteiger charge is 2.30. The van der Waals surface area contributed by atoms with Gasteiger partial charge in [-0.3, -0.25) is 9.59 Å². The lowest BCUT2D eigenvalue weighted by molar-refractivity contribution is -0.153. The Balaban J connectivity index is 2.60. The number of carbonyl (C=O) groups excluding carboxylic acids is 3. The Morgan fingerprint density at radius 1 is 1.30 bits per heavy atom. The van der Waals surface area contributed by atoms with Crippen molar-refractivity contribution in [1.82, 2.24) is 5.32 Å². The van der Waals surface area contributed by atoms with Crippen LogP contribution in [0.15, 0.2) is 0 Å². The molecule has 0 aromatic rings. The summed E-state index contributed by atoms with van der Waals surface area (Å²) in [5, 5.41) is 2.55. The van der Waals surface area contributed by atoms with E-state index in [1.807, 2.05) is 0 Å². The molecule has 1 saturated carbocycles. The Hall–Kier alpha value is -2.05. The maximum absolute atomic E-state index is 12.1. The Morgan fingerprint density at radius 2 is 1.96 bits per heavy atom. The van der Waals surface area contributed by atoms with Crippen LogP contribution in [0.2, 0.25) is 0 Å². The van der Waals surface area contributed by atoms with Crippen LogP contribution in [0.4, 0.5) is 0 Å². The first-order valence-corrected chi connectivity index (χ1v) is 7.70. The van der Waals surface area contributed by atoms with Gasteiger partial charge in [-0.2, -0.15) is 4.79 Å². The van der Waals surface area contributed by atoms with Gasteiger partial charge in [-0.05, 0) is 40.0 Å². The minimum absolute atomic E-state index is 0.0539. The van der Waals surface area contributed by atoms with Crippen LogP contribution in [0.1, 0.15) is 46.5 Å². The first-order valence-electron chi connectivity index (χ1n) is 7.70. The van der Waals surface area contributed by atoms with Crippen molar-refractivity contribution in [1.29, 1.82) is 0 Å². The van der Waals surface area contributed by atoms with E-state index in [-0.39, 0.29) is 25.0 Å². The second-order valence-electron chi connectivity index (χ2n) is 5.77. The number of hydrogen-bond donors (Lipinski definition) is 1. The molecule has 1 amide bonds. The largest absolute Gasteiger partial charge is 0.461 e. The summed E-state index contributed by atoms with van der Waals surface area (Å²) >= 11 is 0. The zero-order valence-electron chi connectivity index (χ0n) is 13.7. The van der Waals surface area contributed by atoms with Gasteiger partial charge in [-0.1, -0.05) is 0 Å². The molecule has 1 aliphatic carbocycles. The average molecular weight is 325 g/mol. The van der Waals surface area contributed by atoms with Gasteiger partial charge in [-0.15, -0.1) is 0 Å². The number of carbonyl (C=O) groups is 3. The third kappa shape index (κ3) is 7.67. The van der Waals surface area contributed by atoms with Gasteiger partial charge >= 0.3 is 12.2 Å². The lowest BCUT2D eigenvalue weighted by Crippen LogP contribution is -2.47. The summed E-state index contributed by atoms with van der Waals surface area (Å²) in [5.74, 6) is -1.49. The summed E-state index contributed by atoms with van der Waals surface area (Å²) in [7, 11) is 0. The van der Waals surface area contributed by atoms with Crippen molar-refractivity contribution in [2.24, 2.45) is 0 Å². The Labute approximate surface area is 135 Å². The first-order chi connectivity index (χ1) is 10.8. The highest BCUT2D eigenvalue weighted by atomic mass is 16.5. The molecule has 2 atom stereocenters. The number of nitrogens with zero attached hydrogens (tertiary/aromatic N) is 2. The number of nitrogens with one attached hydrogen (secondary N) is 1. The zero-order valence-corrected chi connectivity index (χ0v) is 13.7. The molecule has 0 bridgehead atoms. The minimum Gasteiger partial charge on any atom is -0.461 e. The lowest BCUT2D eigenvalue weighted by Gasteiger charge is -2.20. The van der Waals surface area contributed by atoms with E-state index in [1.165, 1.54) is 0 Å². The van der Waals surface area contributed by atoms with Crippen LogP contribution in [0.5, 0.6) is 0 Å². The van der Waals surface area contributed by atoms with Gasteiger partial charge < -0.3 is 20.3 Å². The quantitative estimate of drug-likeness (QED) is 0.274. The predicted octanol–water partition coefficient (Wildman–Crippen LogP) is 0.640. The van der Waals surface area contributed by atoms with Gasteiger partial charge in [0.2, 0.25) is 11.7 Å². The highest BCUT2D eigenvalue weighted by molar-refractivity contribution is 6.25. The number of ketones is 1. The van der Waals surface area contributed by atoms with Crippen LogP contribution < -0.4 is 5.32 Å². The van der Waals surface area contributed by atoms with Crippen LogP contribution in [-0.4, -0.2) is 53.0 Å². The number of esters is 1. The molecule has 8 nitrogen and oxygen atoms in total. The van der Waals surface area contributed by atoms with Crippen LogP contribution in [0.25, 0.3) is 5.53 Å². The fourth-order valence-corrected chi connectivity index (χ4v) is 1.82. The standard InChI is InChI=1S/C15H23N3O5/c1-9(2)22-15(21)13(7-4-11(19)8-17-16)18-14(20)10(3)23-12-5-6-12/h8-10,12-13H,4-7H2,1-3H3,(H,18,20)/t10-,13-/m0/s1. The Bertz CT molecular complexity index is 495. The second-order valence-corrected chi connectivity index (χ2v) is 5.77. The van der Waals surface area contributed by atoms with E-state index in [4.69, 9.17) is 15.0 Å². The highest BCUT2D eigenvalue weighted by Crippen LogP contribution is 2.25. The van der Waals surface area contributed by atoms with E-state index in [0.29, 0.717) is 0 Å². The molecule has 0 spiro atoms. The summed E-state index contributed by atoms with van der Waals surface area (Å²) in [4.78, 5) is 38.1. The molecule has 1 N–H and O–H groups in total. The molecule has 0 aromatic carbocycles. The second kappa shape index (κ2) is 9.17. The summed E-state index contributed by atoms with van der Waals surface area (Å²) in [5.41, 5.74) is 8.31. The zero-order chi connectivity index (χ0) is 17.4. The maximum Gasteiger partial charge on any atom is 0.328 e. The number of rotatable bonds is 10. The van der Waals surface area contributed by atoms with Gasteiger partial charge in [-0.25, -0.2) is 4.79 Å². The molecule has 0 saturated heterocycles. The van der Waals surface area contributed by atoms with Crippen molar-refractivity contribution in [2.45, 2.75) is 70.8 Å². The monoisotopic (exact) mass is 325 g/mol. The van der Waals surface area contributed by atoms with Crippen molar-refractivity contribution >= 4 is 23.9 Å². The molecular formula is C15H23N3O5. The third-order valence-electron chi connectivity index (χ3n) is 3.12. The van der Waals surface area contributed by atoms with Crippen molar-refractivity contribution in [3.05, 3.63) is 5.53 Å². The number of hydrogen-bond acceptors (Lipinski definition) is 5. The van der Waals surface area contributed by atoms with Gasteiger partial charge in [0.1, 0.15) is 12.1 Å². The molecule has 1 aliphatic rings. The maximum atomic E-state index is 12.1. The summed E-state index contributed by atoms with van der Waals surface area (Å²) < 4.78 is 10.6. The minimum atomic E-state index is -0.953. The van der Waals surface area contributed by atoms with E-state index in [0.717, 1.165) is 19.1 Å². The molecule has 1 fully saturated rings. The molecular weight excluding hydrogens is 302 g/mol. The van der Waals surface area contributed by atoms with E-state index >= 15 is 0 Å². The number of Topliss-reactive ketones (excluding diaryl/α,β-unsaturated/α-hetero) is 1. The van der Waals surface area contributed by atoms with E-state index in [1.54, 1.807) is 20.8 Å². The predicted molar refractivity (Wildman–Crippen MR) is 80.7 cm³/mol. The van der Waals surface area contributed by atoms with Gasteiger partial charge in [0, 0.05) is 6.42 Å². The molecule has 128 valence electrons. The molecule has 0 heterocycles. The number of amides is 1. The smallest absolute Gasteiger partial charge is 0.328 e. The van der Waals surface area contributed by atoms with Crippen molar-refractivity contribution in [3.63, 3.8) is 0 Å². The van der Waals surface area contributed by atoms with Crippen molar-refractivity contribution in [2.75, 3.05) is 0 Å². The topological polar surface area (TPSA) is 118 Å². The third-order valence-corrected chi connectivity index (χ3v) is 3.12. The van der Waals surface area contributed by atoms with Crippen molar-refractivity contribution < 1.29 is 28.6 Å². The van der Waals surface area contributed by atoms with Gasteiger partial charge in [0.25, 0.3) is 0 Å². The SMILES string of the molecule is CC(C)OC(=O)[C@H](CCC(=O)C=[N+]=[N-])NC(=O)[C@H](C)OC1CC1. The lowest BCUT2D eigenvalue weighted by atomic mass is 10.1. The molecule has 0 aromatic heterocycles. The van der Waals surface area contributed by atoms with Crippen LogP contribution in [-0.2, 0) is 23.9 Å². The first kappa shape index (κ1) is 19.0. The van der Waals surface area contributed by atoms with Gasteiger partial charge in [0.15, 0.2) is 0 Å².